The van der Waals surface area contributed by atoms with Crippen molar-refractivity contribution in [1.82, 2.24) is 15.5 Å². The SMILES string of the molecule is CCC(C)(C)N(C(=O)C(C)NC(=O)OC(C)(C)C)C(C(=O)NC1CCCCC1)c1cc(C)ccc1C. The van der Waals surface area contributed by atoms with E-state index in [0.717, 1.165) is 42.4 Å². The Balaban J connectivity index is 2.51. The molecule has 2 atom stereocenters. The third-order valence-electron chi connectivity index (χ3n) is 7.05. The number of nitrogens with zero attached hydrogens (tertiary/aromatic N) is 1. The zero-order chi connectivity index (χ0) is 27.3. The van der Waals surface area contributed by atoms with Gasteiger partial charge >= 0.3 is 6.09 Å². The van der Waals surface area contributed by atoms with Crippen molar-refractivity contribution in [3.63, 3.8) is 0 Å². The number of nitrogens with one attached hydrogen (secondary N) is 2. The highest BCUT2D eigenvalue weighted by atomic mass is 16.6. The van der Waals surface area contributed by atoms with Crippen LogP contribution in [0.3, 0.4) is 0 Å². The van der Waals surface area contributed by atoms with Crippen LogP contribution in [-0.2, 0) is 14.3 Å². The van der Waals surface area contributed by atoms with Crippen molar-refractivity contribution in [2.75, 3.05) is 0 Å². The minimum absolute atomic E-state index is 0.109. The summed E-state index contributed by atoms with van der Waals surface area (Å²) in [7, 11) is 0. The van der Waals surface area contributed by atoms with E-state index in [-0.39, 0.29) is 17.9 Å². The zero-order valence-corrected chi connectivity index (χ0v) is 23.8. The molecule has 2 rings (SSSR count). The highest BCUT2D eigenvalue weighted by Crippen LogP contribution is 2.34. The van der Waals surface area contributed by atoms with E-state index < -0.39 is 29.3 Å². The van der Waals surface area contributed by atoms with Crippen LogP contribution >= 0.6 is 0 Å². The second-order valence-electron chi connectivity index (χ2n) is 11.8. The van der Waals surface area contributed by atoms with Crippen LogP contribution < -0.4 is 10.6 Å². The fraction of sp³-hybridized carbons (Fsp3) is 0.690. The predicted octanol–water partition coefficient (Wildman–Crippen LogP) is 5.72. The van der Waals surface area contributed by atoms with Crippen molar-refractivity contribution in [3.05, 3.63) is 34.9 Å². The number of carbonyl (C=O) groups is 3. The number of rotatable bonds is 8. The van der Waals surface area contributed by atoms with Gasteiger partial charge in [-0.15, -0.1) is 0 Å². The van der Waals surface area contributed by atoms with Gasteiger partial charge in [-0.1, -0.05) is 49.9 Å². The van der Waals surface area contributed by atoms with E-state index in [2.05, 4.69) is 10.6 Å². The van der Waals surface area contributed by atoms with Crippen molar-refractivity contribution < 1.29 is 19.1 Å². The number of benzene rings is 1. The van der Waals surface area contributed by atoms with E-state index in [0.29, 0.717) is 6.42 Å². The average molecular weight is 502 g/mol. The topological polar surface area (TPSA) is 87.7 Å². The zero-order valence-electron chi connectivity index (χ0n) is 23.8. The Morgan fingerprint density at radius 2 is 1.67 bits per heavy atom. The molecule has 7 nitrogen and oxygen atoms in total. The standard InChI is InChI=1S/C29H47N3O4/c1-10-29(8,9)32(26(34)21(4)30-27(35)36-28(5,6)7)24(23-18-19(2)16-17-20(23)3)25(33)31-22-14-12-11-13-15-22/h16-18,21-22,24H,10-15H2,1-9H3,(H,30,35)(H,31,33). The van der Waals surface area contributed by atoms with Crippen molar-refractivity contribution >= 4 is 17.9 Å². The van der Waals surface area contributed by atoms with Crippen LogP contribution in [-0.4, -0.2) is 46.0 Å². The van der Waals surface area contributed by atoms with Crippen LogP contribution in [0.2, 0.25) is 0 Å². The number of hydrogen-bond acceptors (Lipinski definition) is 4. The largest absolute Gasteiger partial charge is 0.444 e. The van der Waals surface area contributed by atoms with Crippen LogP contribution in [0, 0.1) is 13.8 Å². The Morgan fingerprint density at radius 3 is 2.22 bits per heavy atom. The number of amides is 3. The lowest BCUT2D eigenvalue weighted by atomic mass is 9.89. The summed E-state index contributed by atoms with van der Waals surface area (Å²) in [6.45, 7) is 16.9. The Bertz CT molecular complexity index is 929. The monoisotopic (exact) mass is 501 g/mol. The van der Waals surface area contributed by atoms with E-state index in [1.54, 1.807) is 32.6 Å². The summed E-state index contributed by atoms with van der Waals surface area (Å²) in [5.74, 6) is -0.493. The molecule has 202 valence electrons. The van der Waals surface area contributed by atoms with Gasteiger partial charge in [0.1, 0.15) is 17.7 Å². The average Bonchev–Trinajstić information content (AvgIpc) is 2.77. The van der Waals surface area contributed by atoms with Gasteiger partial charge in [-0.2, -0.15) is 0 Å². The summed E-state index contributed by atoms with van der Waals surface area (Å²) in [5, 5.41) is 5.94. The fourth-order valence-corrected chi connectivity index (χ4v) is 4.68. The number of ether oxygens (including phenoxy) is 1. The molecule has 2 unspecified atom stereocenters. The maximum Gasteiger partial charge on any atom is 0.408 e. The normalized spacial score (nSPS) is 16.6. The molecule has 0 bridgehead atoms. The van der Waals surface area contributed by atoms with Crippen molar-refractivity contribution in [2.24, 2.45) is 0 Å². The third-order valence-corrected chi connectivity index (χ3v) is 7.05. The van der Waals surface area contributed by atoms with Gasteiger partial charge < -0.3 is 20.3 Å². The summed E-state index contributed by atoms with van der Waals surface area (Å²) in [6, 6.07) is 4.42. The van der Waals surface area contributed by atoms with Crippen LogP contribution in [0.15, 0.2) is 18.2 Å². The second-order valence-corrected chi connectivity index (χ2v) is 11.8. The van der Waals surface area contributed by atoms with Crippen LogP contribution in [0.4, 0.5) is 4.79 Å². The first-order valence-corrected chi connectivity index (χ1v) is 13.4. The summed E-state index contributed by atoms with van der Waals surface area (Å²) < 4.78 is 5.38. The first-order valence-electron chi connectivity index (χ1n) is 13.4. The Labute approximate surface area is 217 Å². The lowest BCUT2D eigenvalue weighted by Crippen LogP contribution is -2.59. The number of alkyl carbamates (subject to hydrolysis) is 1. The first kappa shape index (κ1) is 29.7. The molecule has 1 aliphatic carbocycles. The molecular weight excluding hydrogens is 454 g/mol. The fourth-order valence-electron chi connectivity index (χ4n) is 4.68. The van der Waals surface area contributed by atoms with E-state index in [4.69, 9.17) is 4.74 Å². The van der Waals surface area contributed by atoms with Crippen LogP contribution in [0.1, 0.15) is 110 Å². The molecule has 0 radical (unpaired) electrons. The highest BCUT2D eigenvalue weighted by molar-refractivity contribution is 5.92. The maximum atomic E-state index is 14.0. The van der Waals surface area contributed by atoms with E-state index in [9.17, 15) is 14.4 Å². The molecule has 1 aromatic rings. The smallest absolute Gasteiger partial charge is 0.408 e. The molecule has 1 aromatic carbocycles. The van der Waals surface area contributed by atoms with Crippen LogP contribution in [0.25, 0.3) is 0 Å². The molecule has 3 amide bonds. The Kier molecular flexibility index (Phi) is 9.98. The van der Waals surface area contributed by atoms with Gasteiger partial charge in [0.15, 0.2) is 0 Å². The molecule has 0 aromatic heterocycles. The molecule has 36 heavy (non-hydrogen) atoms. The lowest BCUT2D eigenvalue weighted by Gasteiger charge is -2.45. The summed E-state index contributed by atoms with van der Waals surface area (Å²) in [5.41, 5.74) is 1.44. The molecular formula is C29H47N3O4. The minimum atomic E-state index is -0.874. The second kappa shape index (κ2) is 12.1. The summed E-state index contributed by atoms with van der Waals surface area (Å²) in [4.78, 5) is 42.2. The molecule has 0 aliphatic heterocycles. The van der Waals surface area contributed by atoms with Gasteiger partial charge in [-0.3, -0.25) is 9.59 Å². The van der Waals surface area contributed by atoms with E-state index in [1.165, 1.54) is 6.42 Å². The van der Waals surface area contributed by atoms with Gasteiger partial charge in [0, 0.05) is 11.6 Å². The van der Waals surface area contributed by atoms with Gasteiger partial charge in [0.2, 0.25) is 11.8 Å². The van der Waals surface area contributed by atoms with Gasteiger partial charge in [-0.05, 0) is 85.8 Å². The number of carbonyl (C=O) groups excluding carboxylic acids is 3. The molecule has 0 saturated heterocycles. The summed E-state index contributed by atoms with van der Waals surface area (Å²) in [6.07, 6.45) is 5.26. The van der Waals surface area contributed by atoms with E-state index >= 15 is 0 Å². The van der Waals surface area contributed by atoms with Crippen molar-refractivity contribution in [3.8, 4) is 0 Å². The highest BCUT2D eigenvalue weighted by Gasteiger charge is 2.43. The molecule has 1 saturated carbocycles. The lowest BCUT2D eigenvalue weighted by molar-refractivity contribution is -0.149. The van der Waals surface area contributed by atoms with Crippen LogP contribution in [0.5, 0.6) is 0 Å². The first-order chi connectivity index (χ1) is 16.7. The molecule has 0 spiro atoms. The number of aryl methyl sites for hydroxylation is 2. The van der Waals surface area contributed by atoms with Gasteiger partial charge in [0.25, 0.3) is 0 Å². The van der Waals surface area contributed by atoms with Crippen molar-refractivity contribution in [2.45, 2.75) is 130 Å². The minimum Gasteiger partial charge on any atom is -0.444 e. The van der Waals surface area contributed by atoms with E-state index in [1.807, 2.05) is 52.8 Å². The quantitative estimate of drug-likeness (QED) is 0.477. The molecule has 0 heterocycles. The number of hydrogen-bond donors (Lipinski definition) is 2. The van der Waals surface area contributed by atoms with Gasteiger partial charge in [0.05, 0.1) is 0 Å². The third kappa shape index (κ3) is 7.97. The predicted molar refractivity (Wildman–Crippen MR) is 144 cm³/mol. The summed E-state index contributed by atoms with van der Waals surface area (Å²) >= 11 is 0. The molecule has 2 N–H and O–H groups in total. The maximum absolute atomic E-state index is 14.0. The molecule has 7 heteroatoms. The molecule has 1 fully saturated rings. The van der Waals surface area contributed by atoms with Crippen molar-refractivity contribution in [1.29, 1.82) is 0 Å². The Morgan fingerprint density at radius 1 is 1.06 bits per heavy atom. The molecule has 1 aliphatic rings. The van der Waals surface area contributed by atoms with Gasteiger partial charge in [-0.25, -0.2) is 4.79 Å². The Hall–Kier alpha value is -2.57.